The van der Waals surface area contributed by atoms with Gasteiger partial charge in [0.2, 0.25) is 15.9 Å². The second kappa shape index (κ2) is 8.81. The molecule has 1 saturated heterocycles. The third kappa shape index (κ3) is 4.95. The van der Waals surface area contributed by atoms with E-state index in [0.29, 0.717) is 18.7 Å². The largest absolute Gasteiger partial charge is 0.339 e. The van der Waals surface area contributed by atoms with Crippen LogP contribution in [0.25, 0.3) is 0 Å². The number of carbonyl (C=O) groups excluding carboxylic acids is 1. The van der Waals surface area contributed by atoms with Gasteiger partial charge in [0, 0.05) is 32.7 Å². The summed E-state index contributed by atoms with van der Waals surface area (Å²) in [7, 11) is -1.88. The van der Waals surface area contributed by atoms with E-state index in [1.165, 1.54) is 36.4 Å². The van der Waals surface area contributed by atoms with Crippen molar-refractivity contribution in [2.75, 3.05) is 39.8 Å². The van der Waals surface area contributed by atoms with Gasteiger partial charge in [0.05, 0.1) is 11.4 Å². The average molecular weight is 405 g/mol. The molecule has 2 aromatic carbocycles. The maximum atomic E-state index is 13.2. The first-order valence-corrected chi connectivity index (χ1v) is 10.6. The molecule has 2 aromatic rings. The highest BCUT2D eigenvalue weighted by molar-refractivity contribution is 7.89. The summed E-state index contributed by atoms with van der Waals surface area (Å²) in [4.78, 5) is 16.7. The van der Waals surface area contributed by atoms with Crippen molar-refractivity contribution in [2.24, 2.45) is 0 Å². The zero-order valence-electron chi connectivity index (χ0n) is 15.8. The predicted molar refractivity (Wildman–Crippen MR) is 105 cm³/mol. The molecule has 1 heterocycles. The molecule has 0 unspecified atom stereocenters. The lowest BCUT2D eigenvalue weighted by Crippen LogP contribution is -2.50. The Hall–Kier alpha value is -2.29. The molecule has 1 amide bonds. The van der Waals surface area contributed by atoms with Gasteiger partial charge in [0.25, 0.3) is 0 Å². The molecule has 0 radical (unpaired) electrons. The molecular formula is C20H24FN3O3S. The fraction of sp³-hybridized carbons (Fsp3) is 0.350. The topological polar surface area (TPSA) is 60.9 Å². The number of amides is 1. The summed E-state index contributed by atoms with van der Waals surface area (Å²) in [6.07, 6.45) is 0. The first-order chi connectivity index (χ1) is 13.4. The molecular weight excluding hydrogens is 381 g/mol. The van der Waals surface area contributed by atoms with Crippen molar-refractivity contribution < 1.29 is 17.6 Å². The molecule has 3 rings (SSSR count). The van der Waals surface area contributed by atoms with Gasteiger partial charge in [0.1, 0.15) is 5.82 Å². The van der Waals surface area contributed by atoms with Gasteiger partial charge in [-0.25, -0.2) is 12.8 Å². The fourth-order valence-electron chi connectivity index (χ4n) is 3.07. The lowest BCUT2D eigenvalue weighted by atomic mass is 10.2. The predicted octanol–water partition coefficient (Wildman–Crippen LogP) is 1.79. The highest BCUT2D eigenvalue weighted by Gasteiger charge is 2.29. The Morgan fingerprint density at radius 1 is 1.00 bits per heavy atom. The number of nitrogens with zero attached hydrogens (tertiary/aromatic N) is 3. The first-order valence-electron chi connectivity index (χ1n) is 9.12. The third-order valence-electron chi connectivity index (χ3n) is 4.82. The summed E-state index contributed by atoms with van der Waals surface area (Å²) in [5.74, 6) is -0.621. The second-order valence-corrected chi connectivity index (χ2v) is 8.83. The van der Waals surface area contributed by atoms with E-state index in [9.17, 15) is 17.6 Å². The molecule has 1 aliphatic rings. The fourth-order valence-corrected chi connectivity index (χ4v) is 4.47. The lowest BCUT2D eigenvalue weighted by molar-refractivity contribution is -0.133. The molecule has 28 heavy (non-hydrogen) atoms. The molecule has 0 aromatic heterocycles. The number of piperazine rings is 1. The van der Waals surface area contributed by atoms with Crippen LogP contribution in [0.4, 0.5) is 4.39 Å². The van der Waals surface area contributed by atoms with Crippen LogP contribution in [0.15, 0.2) is 59.5 Å². The number of rotatable bonds is 6. The van der Waals surface area contributed by atoms with Gasteiger partial charge < -0.3 is 9.80 Å². The van der Waals surface area contributed by atoms with Crippen LogP contribution in [0, 0.1) is 5.82 Å². The Morgan fingerprint density at radius 3 is 2.21 bits per heavy atom. The zero-order valence-corrected chi connectivity index (χ0v) is 16.6. The molecule has 0 bridgehead atoms. The summed E-state index contributed by atoms with van der Waals surface area (Å²) < 4.78 is 40.7. The van der Waals surface area contributed by atoms with Crippen molar-refractivity contribution in [3.8, 4) is 0 Å². The Morgan fingerprint density at radius 2 is 1.61 bits per heavy atom. The van der Waals surface area contributed by atoms with Gasteiger partial charge in [-0.1, -0.05) is 30.3 Å². The average Bonchev–Trinajstić information content (AvgIpc) is 2.70. The van der Waals surface area contributed by atoms with Crippen LogP contribution in [0.3, 0.4) is 0 Å². The highest BCUT2D eigenvalue weighted by Crippen LogP contribution is 2.19. The Labute approximate surface area is 165 Å². The van der Waals surface area contributed by atoms with Crippen molar-refractivity contribution in [2.45, 2.75) is 11.4 Å². The van der Waals surface area contributed by atoms with E-state index in [0.717, 1.165) is 17.4 Å². The van der Waals surface area contributed by atoms with Crippen molar-refractivity contribution in [3.63, 3.8) is 0 Å². The van der Waals surface area contributed by atoms with Crippen molar-refractivity contribution >= 4 is 15.9 Å². The highest BCUT2D eigenvalue weighted by atomic mass is 32.2. The van der Waals surface area contributed by atoms with Crippen LogP contribution in [0.2, 0.25) is 0 Å². The zero-order chi connectivity index (χ0) is 20.1. The second-order valence-electron chi connectivity index (χ2n) is 6.90. The maximum absolute atomic E-state index is 13.2. The number of hydrogen-bond acceptors (Lipinski definition) is 4. The van der Waals surface area contributed by atoms with Crippen LogP contribution in [0.5, 0.6) is 0 Å². The molecule has 150 valence electrons. The van der Waals surface area contributed by atoms with Crippen LogP contribution in [-0.2, 0) is 21.4 Å². The van der Waals surface area contributed by atoms with E-state index >= 15 is 0 Å². The van der Waals surface area contributed by atoms with E-state index in [2.05, 4.69) is 4.90 Å². The van der Waals surface area contributed by atoms with Gasteiger partial charge in [0.15, 0.2) is 0 Å². The van der Waals surface area contributed by atoms with Gasteiger partial charge in [-0.2, -0.15) is 4.31 Å². The van der Waals surface area contributed by atoms with Crippen LogP contribution < -0.4 is 0 Å². The number of hydrogen-bond donors (Lipinski definition) is 0. The molecule has 0 saturated carbocycles. The Kier molecular flexibility index (Phi) is 6.43. The quantitative estimate of drug-likeness (QED) is 0.735. The Bertz CT molecular complexity index is 896. The molecule has 1 aliphatic heterocycles. The van der Waals surface area contributed by atoms with Gasteiger partial charge in [-0.05, 0) is 36.9 Å². The summed E-state index contributed by atoms with van der Waals surface area (Å²) >= 11 is 0. The van der Waals surface area contributed by atoms with Crippen LogP contribution in [-0.4, -0.2) is 68.2 Å². The van der Waals surface area contributed by atoms with Crippen molar-refractivity contribution in [1.29, 1.82) is 0 Å². The number of carbonyl (C=O) groups is 1. The Balaban J connectivity index is 1.83. The molecule has 0 spiro atoms. The van der Waals surface area contributed by atoms with Gasteiger partial charge in [-0.15, -0.1) is 0 Å². The van der Waals surface area contributed by atoms with Gasteiger partial charge >= 0.3 is 0 Å². The minimum atomic E-state index is -3.87. The molecule has 0 aliphatic carbocycles. The SMILES string of the molecule is CN1CCN(C(=O)CN(Cc2ccc(F)cc2)S(=O)(=O)c2ccccc2)CC1. The summed E-state index contributed by atoms with van der Waals surface area (Å²) in [6.45, 7) is 2.41. The molecule has 8 heteroatoms. The smallest absolute Gasteiger partial charge is 0.243 e. The number of benzene rings is 2. The summed E-state index contributed by atoms with van der Waals surface area (Å²) in [5, 5.41) is 0. The number of likely N-dealkylation sites (N-methyl/N-ethyl adjacent to an activating group) is 1. The molecule has 0 atom stereocenters. The van der Waals surface area contributed by atoms with Crippen LogP contribution in [0.1, 0.15) is 5.56 Å². The number of halogens is 1. The number of sulfonamides is 1. The van der Waals surface area contributed by atoms with E-state index < -0.39 is 15.8 Å². The van der Waals surface area contributed by atoms with E-state index in [1.807, 2.05) is 7.05 Å². The summed E-state index contributed by atoms with van der Waals surface area (Å²) in [5.41, 5.74) is 0.618. The molecule has 1 fully saturated rings. The van der Waals surface area contributed by atoms with Crippen molar-refractivity contribution in [1.82, 2.24) is 14.1 Å². The van der Waals surface area contributed by atoms with Crippen molar-refractivity contribution in [3.05, 3.63) is 66.0 Å². The lowest BCUT2D eigenvalue weighted by Gasteiger charge is -2.33. The summed E-state index contributed by atoms with van der Waals surface area (Å²) in [6, 6.07) is 13.7. The first kappa shape index (κ1) is 20.4. The van der Waals surface area contributed by atoms with E-state index in [-0.39, 0.29) is 23.9 Å². The minimum Gasteiger partial charge on any atom is -0.339 e. The standard InChI is InChI=1S/C20H24FN3O3S/c1-22-11-13-23(14-12-22)20(25)16-24(15-17-7-9-18(21)10-8-17)28(26,27)19-5-3-2-4-6-19/h2-10H,11-16H2,1H3. The normalized spacial score (nSPS) is 15.8. The van der Waals surface area contributed by atoms with E-state index in [4.69, 9.17) is 0 Å². The van der Waals surface area contributed by atoms with Crippen LogP contribution >= 0.6 is 0 Å². The third-order valence-corrected chi connectivity index (χ3v) is 6.63. The molecule has 6 nitrogen and oxygen atoms in total. The van der Waals surface area contributed by atoms with E-state index in [1.54, 1.807) is 23.1 Å². The molecule has 0 N–H and O–H groups in total. The maximum Gasteiger partial charge on any atom is 0.243 e. The minimum absolute atomic E-state index is 0.00299. The van der Waals surface area contributed by atoms with Gasteiger partial charge in [-0.3, -0.25) is 4.79 Å². The monoisotopic (exact) mass is 405 g/mol.